The van der Waals surface area contributed by atoms with Crippen molar-refractivity contribution in [2.75, 3.05) is 19.7 Å². The third-order valence-electron chi connectivity index (χ3n) is 3.32. The molecule has 1 aromatic carbocycles. The molecular formula is C15H22N2O2. The zero-order chi connectivity index (χ0) is 13.5. The summed E-state index contributed by atoms with van der Waals surface area (Å²) in [6.45, 7) is 4.18. The minimum atomic E-state index is -0.0766. The van der Waals surface area contributed by atoms with E-state index in [0.29, 0.717) is 19.1 Å². The Morgan fingerprint density at radius 2 is 2.21 bits per heavy atom. The Kier molecular flexibility index (Phi) is 5.07. The van der Waals surface area contributed by atoms with Crippen LogP contribution in [0, 0.1) is 5.92 Å². The first-order chi connectivity index (χ1) is 9.29. The Labute approximate surface area is 114 Å². The van der Waals surface area contributed by atoms with Crippen molar-refractivity contribution in [1.82, 2.24) is 10.6 Å². The number of carbonyl (C=O) groups excluding carboxylic acids is 1. The van der Waals surface area contributed by atoms with Crippen LogP contribution in [0.4, 0.5) is 4.79 Å². The average molecular weight is 262 g/mol. The molecule has 1 heterocycles. The van der Waals surface area contributed by atoms with Crippen LogP contribution in [0.1, 0.15) is 25.3 Å². The number of hydrogen-bond donors (Lipinski definition) is 2. The van der Waals surface area contributed by atoms with Gasteiger partial charge in [0, 0.05) is 19.0 Å². The summed E-state index contributed by atoms with van der Waals surface area (Å²) in [6, 6.07) is 8.01. The maximum Gasteiger partial charge on any atom is 0.314 e. The number of unbranched alkanes of at least 4 members (excludes halogenated alkanes) is 1. The number of hydrogen-bond acceptors (Lipinski definition) is 2. The molecule has 1 aliphatic heterocycles. The largest absolute Gasteiger partial charge is 0.493 e. The first-order valence-electron chi connectivity index (χ1n) is 7.02. The van der Waals surface area contributed by atoms with Crippen LogP contribution in [0.15, 0.2) is 24.3 Å². The minimum Gasteiger partial charge on any atom is -0.493 e. The smallest absolute Gasteiger partial charge is 0.314 e. The normalized spacial score (nSPS) is 17.2. The molecule has 19 heavy (non-hydrogen) atoms. The number of para-hydroxylation sites is 1. The van der Waals surface area contributed by atoms with E-state index in [0.717, 1.165) is 31.6 Å². The van der Waals surface area contributed by atoms with Gasteiger partial charge in [0.2, 0.25) is 0 Å². The summed E-state index contributed by atoms with van der Waals surface area (Å²) in [7, 11) is 0. The lowest BCUT2D eigenvalue weighted by molar-refractivity contribution is 0.211. The van der Waals surface area contributed by atoms with Crippen LogP contribution in [0.2, 0.25) is 0 Å². The van der Waals surface area contributed by atoms with Crippen molar-refractivity contribution in [3.63, 3.8) is 0 Å². The highest BCUT2D eigenvalue weighted by Crippen LogP contribution is 2.26. The lowest BCUT2D eigenvalue weighted by Gasteiger charge is -2.25. The molecule has 0 aliphatic carbocycles. The molecule has 2 N–H and O–H groups in total. The summed E-state index contributed by atoms with van der Waals surface area (Å²) in [4.78, 5) is 11.5. The van der Waals surface area contributed by atoms with Gasteiger partial charge in [-0.25, -0.2) is 4.79 Å². The quantitative estimate of drug-likeness (QED) is 0.800. The minimum absolute atomic E-state index is 0.0766. The van der Waals surface area contributed by atoms with Gasteiger partial charge in [0.1, 0.15) is 5.75 Å². The zero-order valence-electron chi connectivity index (χ0n) is 11.4. The Bertz CT molecular complexity index is 420. The summed E-state index contributed by atoms with van der Waals surface area (Å²) >= 11 is 0. The molecule has 2 rings (SSSR count). The van der Waals surface area contributed by atoms with Crippen LogP contribution in [-0.4, -0.2) is 25.7 Å². The summed E-state index contributed by atoms with van der Waals surface area (Å²) in [5.74, 6) is 1.33. The maximum atomic E-state index is 11.5. The molecule has 0 aromatic heterocycles. The van der Waals surface area contributed by atoms with Gasteiger partial charge in [-0.2, -0.15) is 0 Å². The molecule has 0 fully saturated rings. The van der Waals surface area contributed by atoms with Gasteiger partial charge in [-0.3, -0.25) is 0 Å². The van der Waals surface area contributed by atoms with Gasteiger partial charge in [-0.1, -0.05) is 31.5 Å². The van der Waals surface area contributed by atoms with Crippen LogP contribution in [0.25, 0.3) is 0 Å². The summed E-state index contributed by atoms with van der Waals surface area (Å²) in [6.07, 6.45) is 3.08. The predicted molar refractivity (Wildman–Crippen MR) is 75.4 cm³/mol. The van der Waals surface area contributed by atoms with Crippen LogP contribution in [0.5, 0.6) is 5.75 Å². The van der Waals surface area contributed by atoms with Crippen LogP contribution in [-0.2, 0) is 6.42 Å². The summed E-state index contributed by atoms with van der Waals surface area (Å²) in [5.41, 5.74) is 1.23. The fourth-order valence-corrected chi connectivity index (χ4v) is 2.20. The molecule has 0 radical (unpaired) electrons. The van der Waals surface area contributed by atoms with Gasteiger partial charge < -0.3 is 15.4 Å². The molecule has 0 bridgehead atoms. The molecule has 4 heteroatoms. The van der Waals surface area contributed by atoms with E-state index >= 15 is 0 Å². The van der Waals surface area contributed by atoms with E-state index < -0.39 is 0 Å². The average Bonchev–Trinajstić information content (AvgIpc) is 2.45. The van der Waals surface area contributed by atoms with Gasteiger partial charge >= 0.3 is 6.03 Å². The van der Waals surface area contributed by atoms with Crippen molar-refractivity contribution < 1.29 is 9.53 Å². The molecule has 0 saturated carbocycles. The molecule has 1 aromatic rings. The predicted octanol–water partition coefficient (Wildman–Crippen LogP) is 2.34. The molecule has 4 nitrogen and oxygen atoms in total. The van der Waals surface area contributed by atoms with E-state index in [1.165, 1.54) is 5.56 Å². The lowest BCUT2D eigenvalue weighted by atomic mass is 9.97. The lowest BCUT2D eigenvalue weighted by Crippen LogP contribution is -2.40. The fourth-order valence-electron chi connectivity index (χ4n) is 2.20. The molecule has 104 valence electrons. The second-order valence-corrected chi connectivity index (χ2v) is 4.98. The molecular weight excluding hydrogens is 240 g/mol. The maximum absolute atomic E-state index is 11.5. The second-order valence-electron chi connectivity index (χ2n) is 4.98. The number of benzene rings is 1. The Morgan fingerprint density at radius 3 is 3.05 bits per heavy atom. The van der Waals surface area contributed by atoms with Gasteiger partial charge in [0.05, 0.1) is 6.61 Å². The molecule has 2 amide bonds. The van der Waals surface area contributed by atoms with Gasteiger partial charge in [-0.05, 0) is 24.5 Å². The molecule has 0 saturated heterocycles. The van der Waals surface area contributed by atoms with Crippen LogP contribution >= 0.6 is 0 Å². The van der Waals surface area contributed by atoms with Crippen molar-refractivity contribution in [3.05, 3.63) is 29.8 Å². The number of nitrogens with one attached hydrogen (secondary N) is 2. The van der Waals surface area contributed by atoms with Crippen molar-refractivity contribution in [3.8, 4) is 5.75 Å². The number of carbonyl (C=O) groups is 1. The highest BCUT2D eigenvalue weighted by molar-refractivity contribution is 5.73. The molecule has 1 atom stereocenters. The van der Waals surface area contributed by atoms with Crippen LogP contribution < -0.4 is 15.4 Å². The fraction of sp³-hybridized carbons (Fsp3) is 0.533. The number of amides is 2. The second kappa shape index (κ2) is 7.02. The Morgan fingerprint density at radius 1 is 1.37 bits per heavy atom. The Balaban J connectivity index is 1.72. The summed E-state index contributed by atoms with van der Waals surface area (Å²) in [5, 5.41) is 5.76. The number of urea groups is 1. The van der Waals surface area contributed by atoms with Crippen molar-refractivity contribution in [2.24, 2.45) is 5.92 Å². The van der Waals surface area contributed by atoms with E-state index in [1.807, 2.05) is 18.2 Å². The Hall–Kier alpha value is -1.71. The molecule has 0 unspecified atom stereocenters. The van der Waals surface area contributed by atoms with E-state index in [4.69, 9.17) is 4.74 Å². The van der Waals surface area contributed by atoms with E-state index in [2.05, 4.69) is 23.6 Å². The first kappa shape index (κ1) is 13.7. The highest BCUT2D eigenvalue weighted by Gasteiger charge is 2.19. The van der Waals surface area contributed by atoms with E-state index in [1.54, 1.807) is 0 Å². The molecule has 1 aliphatic rings. The topological polar surface area (TPSA) is 50.4 Å². The summed E-state index contributed by atoms with van der Waals surface area (Å²) < 4.78 is 5.70. The van der Waals surface area contributed by atoms with Crippen molar-refractivity contribution in [1.29, 1.82) is 0 Å². The van der Waals surface area contributed by atoms with Gasteiger partial charge in [-0.15, -0.1) is 0 Å². The highest BCUT2D eigenvalue weighted by atomic mass is 16.5. The van der Waals surface area contributed by atoms with Gasteiger partial charge in [0.25, 0.3) is 0 Å². The van der Waals surface area contributed by atoms with E-state index in [9.17, 15) is 4.79 Å². The van der Waals surface area contributed by atoms with E-state index in [-0.39, 0.29) is 6.03 Å². The van der Waals surface area contributed by atoms with Crippen molar-refractivity contribution in [2.45, 2.75) is 26.2 Å². The zero-order valence-corrected chi connectivity index (χ0v) is 11.4. The third-order valence-corrected chi connectivity index (χ3v) is 3.32. The first-order valence-corrected chi connectivity index (χ1v) is 7.02. The standard InChI is InChI=1S/C15H22N2O2/c1-2-3-8-16-15(18)17-10-12-9-13-6-4-5-7-14(13)19-11-12/h4-7,12H,2-3,8-11H2,1H3,(H2,16,17,18)/t12-/m1/s1. The molecule has 0 spiro atoms. The van der Waals surface area contributed by atoms with Crippen LogP contribution in [0.3, 0.4) is 0 Å². The van der Waals surface area contributed by atoms with Crippen molar-refractivity contribution >= 4 is 6.03 Å². The van der Waals surface area contributed by atoms with Gasteiger partial charge in [0.15, 0.2) is 0 Å². The third kappa shape index (κ3) is 4.16. The SMILES string of the molecule is CCCCNC(=O)NC[C@@H]1COc2ccccc2C1. The number of ether oxygens (including phenoxy) is 1. The number of rotatable bonds is 5. The monoisotopic (exact) mass is 262 g/mol. The number of fused-ring (bicyclic) bond motifs is 1.